The number of likely N-dealkylation sites (tertiary alicyclic amines) is 1. The van der Waals surface area contributed by atoms with E-state index in [4.69, 9.17) is 28.9 Å². The van der Waals surface area contributed by atoms with Gasteiger partial charge in [0.15, 0.2) is 0 Å². The van der Waals surface area contributed by atoms with E-state index in [1.807, 2.05) is 12.1 Å². The Morgan fingerprint density at radius 3 is 2.15 bits per heavy atom. The van der Waals surface area contributed by atoms with Gasteiger partial charge in [-0.3, -0.25) is 4.90 Å². The Labute approximate surface area is 132 Å². The number of nitrogens with two attached hydrogens (primary N) is 1. The molecular weight excluding hydrogens is 291 g/mol. The summed E-state index contributed by atoms with van der Waals surface area (Å²) in [6, 6.07) is 5.96. The third-order valence-corrected chi connectivity index (χ3v) is 4.89. The first-order chi connectivity index (χ1) is 9.51. The lowest BCUT2D eigenvalue weighted by atomic mass is 9.86. The van der Waals surface area contributed by atoms with Crippen LogP contribution in [0.15, 0.2) is 18.2 Å². The number of hydrogen-bond acceptors (Lipinski definition) is 2. The number of benzene rings is 1. The van der Waals surface area contributed by atoms with E-state index in [1.54, 1.807) is 6.07 Å². The van der Waals surface area contributed by atoms with Gasteiger partial charge in [-0.2, -0.15) is 0 Å². The molecule has 2 nitrogen and oxygen atoms in total. The van der Waals surface area contributed by atoms with Crippen LogP contribution >= 0.6 is 23.2 Å². The molecule has 1 aromatic rings. The maximum absolute atomic E-state index is 6.11. The first-order valence-electron chi connectivity index (χ1n) is 7.41. The average molecular weight is 315 g/mol. The fourth-order valence-electron chi connectivity index (χ4n) is 3.16. The molecule has 1 heterocycles. The van der Waals surface area contributed by atoms with E-state index in [2.05, 4.69) is 18.7 Å². The Morgan fingerprint density at radius 2 is 1.70 bits per heavy atom. The zero-order valence-corrected chi connectivity index (χ0v) is 13.8. The number of halogens is 2. The Kier molecular flexibility index (Phi) is 5.74. The van der Waals surface area contributed by atoms with Gasteiger partial charge in [-0.1, -0.05) is 37.0 Å². The van der Waals surface area contributed by atoms with Crippen molar-refractivity contribution in [3.05, 3.63) is 33.8 Å². The van der Waals surface area contributed by atoms with Crippen LogP contribution in [0.25, 0.3) is 0 Å². The van der Waals surface area contributed by atoms with Gasteiger partial charge in [-0.05, 0) is 61.5 Å². The highest BCUT2D eigenvalue weighted by Gasteiger charge is 2.26. The molecule has 112 valence electrons. The highest BCUT2D eigenvalue weighted by Crippen LogP contribution is 2.31. The monoisotopic (exact) mass is 314 g/mol. The SMILES string of the molecule is CC(C)C1CCN(C(CN)c2cc(Cl)cc(Cl)c2)CC1. The molecule has 2 N–H and O–H groups in total. The molecule has 0 aromatic heterocycles. The topological polar surface area (TPSA) is 29.3 Å². The summed E-state index contributed by atoms with van der Waals surface area (Å²) in [5.74, 6) is 1.61. The summed E-state index contributed by atoms with van der Waals surface area (Å²) in [6.45, 7) is 7.45. The van der Waals surface area contributed by atoms with E-state index in [1.165, 1.54) is 12.8 Å². The van der Waals surface area contributed by atoms with Crippen LogP contribution in [0.5, 0.6) is 0 Å². The molecule has 2 rings (SSSR count). The van der Waals surface area contributed by atoms with Crippen molar-refractivity contribution < 1.29 is 0 Å². The van der Waals surface area contributed by atoms with Gasteiger partial charge in [0.25, 0.3) is 0 Å². The van der Waals surface area contributed by atoms with Gasteiger partial charge in [0.1, 0.15) is 0 Å². The minimum atomic E-state index is 0.222. The van der Waals surface area contributed by atoms with E-state index in [0.717, 1.165) is 30.5 Å². The molecule has 1 aliphatic heterocycles. The maximum Gasteiger partial charge on any atom is 0.0471 e. The first kappa shape index (κ1) is 16.1. The standard InChI is InChI=1S/C16H24Cl2N2/c1-11(2)12-3-5-20(6-4-12)16(10-19)13-7-14(17)9-15(18)8-13/h7-9,11-12,16H,3-6,10,19H2,1-2H3. The molecule has 1 saturated heterocycles. The highest BCUT2D eigenvalue weighted by atomic mass is 35.5. The molecule has 0 radical (unpaired) electrons. The van der Waals surface area contributed by atoms with Crippen LogP contribution in [-0.4, -0.2) is 24.5 Å². The Balaban J connectivity index is 2.09. The predicted molar refractivity (Wildman–Crippen MR) is 87.4 cm³/mol. The van der Waals surface area contributed by atoms with Gasteiger partial charge in [-0.15, -0.1) is 0 Å². The van der Waals surface area contributed by atoms with Crippen LogP contribution in [0, 0.1) is 11.8 Å². The van der Waals surface area contributed by atoms with Crippen molar-refractivity contribution in [2.24, 2.45) is 17.6 Å². The number of piperidine rings is 1. The normalized spacial score (nSPS) is 19.5. The van der Waals surface area contributed by atoms with Crippen LogP contribution in [0.4, 0.5) is 0 Å². The summed E-state index contributed by atoms with van der Waals surface area (Å²) in [6.07, 6.45) is 2.50. The fraction of sp³-hybridized carbons (Fsp3) is 0.625. The summed E-state index contributed by atoms with van der Waals surface area (Å²) < 4.78 is 0. The smallest absolute Gasteiger partial charge is 0.0471 e. The summed E-state index contributed by atoms with van der Waals surface area (Å²) in [5.41, 5.74) is 7.13. The lowest BCUT2D eigenvalue weighted by Gasteiger charge is -2.38. The van der Waals surface area contributed by atoms with Crippen molar-refractivity contribution in [2.45, 2.75) is 32.7 Å². The van der Waals surface area contributed by atoms with Crippen LogP contribution in [-0.2, 0) is 0 Å². The number of hydrogen-bond donors (Lipinski definition) is 1. The van der Waals surface area contributed by atoms with Crippen molar-refractivity contribution in [3.63, 3.8) is 0 Å². The number of nitrogens with zero attached hydrogens (tertiary/aromatic N) is 1. The van der Waals surface area contributed by atoms with Gasteiger partial charge in [0.05, 0.1) is 0 Å². The van der Waals surface area contributed by atoms with Crippen molar-refractivity contribution in [2.75, 3.05) is 19.6 Å². The van der Waals surface area contributed by atoms with E-state index >= 15 is 0 Å². The fourth-order valence-corrected chi connectivity index (χ4v) is 3.70. The maximum atomic E-state index is 6.11. The summed E-state index contributed by atoms with van der Waals surface area (Å²) >= 11 is 12.2. The molecule has 0 aliphatic carbocycles. The number of rotatable bonds is 4. The molecule has 1 aliphatic rings. The Morgan fingerprint density at radius 1 is 1.15 bits per heavy atom. The van der Waals surface area contributed by atoms with E-state index in [0.29, 0.717) is 16.6 Å². The van der Waals surface area contributed by atoms with Crippen molar-refractivity contribution in [3.8, 4) is 0 Å². The van der Waals surface area contributed by atoms with E-state index < -0.39 is 0 Å². The Bertz CT molecular complexity index is 420. The van der Waals surface area contributed by atoms with Gasteiger partial charge in [0, 0.05) is 22.6 Å². The largest absolute Gasteiger partial charge is 0.329 e. The zero-order valence-electron chi connectivity index (χ0n) is 12.3. The molecule has 1 fully saturated rings. The predicted octanol–water partition coefficient (Wildman–Crippen LogP) is 4.36. The molecule has 4 heteroatoms. The second kappa shape index (κ2) is 7.13. The molecule has 0 spiro atoms. The van der Waals surface area contributed by atoms with Crippen molar-refractivity contribution in [1.29, 1.82) is 0 Å². The molecule has 20 heavy (non-hydrogen) atoms. The highest BCUT2D eigenvalue weighted by molar-refractivity contribution is 6.34. The van der Waals surface area contributed by atoms with E-state index in [-0.39, 0.29) is 6.04 Å². The minimum Gasteiger partial charge on any atom is -0.329 e. The Hall–Kier alpha value is -0.280. The average Bonchev–Trinajstić information content (AvgIpc) is 2.39. The second-order valence-corrected chi connectivity index (χ2v) is 6.94. The molecule has 1 atom stereocenters. The molecule has 1 unspecified atom stereocenters. The summed E-state index contributed by atoms with van der Waals surface area (Å²) in [7, 11) is 0. The first-order valence-corrected chi connectivity index (χ1v) is 8.17. The third-order valence-electron chi connectivity index (χ3n) is 4.45. The third kappa shape index (κ3) is 3.88. The molecule has 0 amide bonds. The quantitative estimate of drug-likeness (QED) is 0.894. The lowest BCUT2D eigenvalue weighted by Crippen LogP contribution is -2.40. The van der Waals surface area contributed by atoms with Gasteiger partial charge in [-0.25, -0.2) is 0 Å². The second-order valence-electron chi connectivity index (χ2n) is 6.07. The lowest BCUT2D eigenvalue weighted by molar-refractivity contribution is 0.117. The van der Waals surface area contributed by atoms with Gasteiger partial charge in [0.2, 0.25) is 0 Å². The molecule has 0 bridgehead atoms. The van der Waals surface area contributed by atoms with Crippen LogP contribution < -0.4 is 5.73 Å². The van der Waals surface area contributed by atoms with Crippen LogP contribution in [0.3, 0.4) is 0 Å². The van der Waals surface area contributed by atoms with Crippen LogP contribution in [0.1, 0.15) is 38.3 Å². The zero-order chi connectivity index (χ0) is 14.7. The van der Waals surface area contributed by atoms with Gasteiger partial charge < -0.3 is 5.73 Å². The minimum absolute atomic E-state index is 0.222. The van der Waals surface area contributed by atoms with Gasteiger partial charge >= 0.3 is 0 Å². The van der Waals surface area contributed by atoms with E-state index in [9.17, 15) is 0 Å². The molecule has 0 saturated carbocycles. The summed E-state index contributed by atoms with van der Waals surface area (Å²) in [4.78, 5) is 2.47. The molecule has 1 aromatic carbocycles. The van der Waals surface area contributed by atoms with Crippen LogP contribution in [0.2, 0.25) is 10.0 Å². The summed E-state index contributed by atoms with van der Waals surface area (Å²) in [5, 5.41) is 1.37. The van der Waals surface area contributed by atoms with Crippen molar-refractivity contribution in [1.82, 2.24) is 4.90 Å². The molecular formula is C16H24Cl2N2. The van der Waals surface area contributed by atoms with Crippen molar-refractivity contribution >= 4 is 23.2 Å².